The first-order valence-corrected chi connectivity index (χ1v) is 2.96. The van der Waals surface area contributed by atoms with Crippen LogP contribution in [0.3, 0.4) is 0 Å². The van der Waals surface area contributed by atoms with E-state index in [1.54, 1.807) is 6.61 Å². The summed E-state index contributed by atoms with van der Waals surface area (Å²) in [5.41, 5.74) is 0. The van der Waals surface area contributed by atoms with E-state index in [1.807, 2.05) is 13.0 Å². The molecule has 1 radical (unpaired) electrons. The van der Waals surface area contributed by atoms with Crippen LogP contribution in [0.15, 0.2) is 12.2 Å². The Morgan fingerprint density at radius 1 is 1.38 bits per heavy atom. The van der Waals surface area contributed by atoms with Crippen LogP contribution in [0.5, 0.6) is 0 Å². The minimum absolute atomic E-state index is 0.713. The van der Waals surface area contributed by atoms with E-state index in [2.05, 4.69) is 13.0 Å². The lowest BCUT2D eigenvalue weighted by Gasteiger charge is -1.89. The Morgan fingerprint density at radius 2 is 2.12 bits per heavy atom. The third-order valence-electron chi connectivity index (χ3n) is 0.761. The first-order chi connectivity index (χ1) is 3.91. The fourth-order valence-corrected chi connectivity index (χ4v) is 0.386. The molecular weight excluding hydrogens is 100 g/mol. The summed E-state index contributed by atoms with van der Waals surface area (Å²) in [4.78, 5) is 0. The highest BCUT2D eigenvalue weighted by molar-refractivity contribution is 4.79. The molecule has 1 heteroatoms. The van der Waals surface area contributed by atoms with Crippen LogP contribution in [0, 0.1) is 6.61 Å². The van der Waals surface area contributed by atoms with Gasteiger partial charge in [0.1, 0.15) is 0 Å². The van der Waals surface area contributed by atoms with Crippen molar-refractivity contribution in [1.82, 2.24) is 0 Å². The van der Waals surface area contributed by atoms with E-state index in [0.29, 0.717) is 6.61 Å². The molecule has 0 aliphatic carbocycles. The molecule has 0 aliphatic rings. The van der Waals surface area contributed by atoms with Crippen molar-refractivity contribution < 1.29 is 4.74 Å². The van der Waals surface area contributed by atoms with E-state index in [1.165, 1.54) is 0 Å². The van der Waals surface area contributed by atoms with Gasteiger partial charge < -0.3 is 4.74 Å². The number of hydrogen-bond acceptors (Lipinski definition) is 1. The van der Waals surface area contributed by atoms with Crippen LogP contribution in [0.25, 0.3) is 0 Å². The summed E-state index contributed by atoms with van der Waals surface area (Å²) in [6.07, 6.45) is 5.19. The first-order valence-electron chi connectivity index (χ1n) is 2.96. The van der Waals surface area contributed by atoms with Crippen LogP contribution < -0.4 is 0 Å². The van der Waals surface area contributed by atoms with Crippen LogP contribution in [-0.4, -0.2) is 6.61 Å². The molecule has 0 amide bonds. The van der Waals surface area contributed by atoms with Crippen LogP contribution in [-0.2, 0) is 4.74 Å². The monoisotopic (exact) mass is 113 g/mol. The third-order valence-corrected chi connectivity index (χ3v) is 0.761. The van der Waals surface area contributed by atoms with Crippen molar-refractivity contribution in [2.75, 3.05) is 6.61 Å². The summed E-state index contributed by atoms with van der Waals surface area (Å²) in [5.74, 6) is 0. The van der Waals surface area contributed by atoms with Gasteiger partial charge in [-0.1, -0.05) is 19.1 Å². The second-order valence-corrected chi connectivity index (χ2v) is 1.45. The zero-order valence-electron chi connectivity index (χ0n) is 5.55. The van der Waals surface area contributed by atoms with E-state index in [9.17, 15) is 0 Å². The van der Waals surface area contributed by atoms with Gasteiger partial charge in [-0.3, -0.25) is 0 Å². The molecule has 0 fully saturated rings. The van der Waals surface area contributed by atoms with E-state index in [0.717, 1.165) is 6.42 Å². The Labute approximate surface area is 51.4 Å². The van der Waals surface area contributed by atoms with Gasteiger partial charge in [-0.25, -0.2) is 0 Å². The second kappa shape index (κ2) is 6.70. The van der Waals surface area contributed by atoms with E-state index in [4.69, 9.17) is 4.74 Å². The number of hydrogen-bond donors (Lipinski definition) is 0. The number of allylic oxidation sites excluding steroid dienone is 1. The van der Waals surface area contributed by atoms with Gasteiger partial charge in [-0.15, -0.1) is 0 Å². The van der Waals surface area contributed by atoms with Gasteiger partial charge in [0, 0.05) is 0 Å². The van der Waals surface area contributed by atoms with Crippen LogP contribution >= 0.6 is 0 Å². The van der Waals surface area contributed by atoms with E-state index in [-0.39, 0.29) is 0 Å². The van der Waals surface area contributed by atoms with Gasteiger partial charge in [-0.2, -0.15) is 0 Å². The molecule has 0 saturated carbocycles. The molecule has 0 spiro atoms. The Bertz CT molecular complexity index is 57.4. The summed E-state index contributed by atoms with van der Waals surface area (Å²) in [6.45, 7) is 6.39. The SMILES string of the molecule is C[CH]OCC=CCC. The Hall–Kier alpha value is -0.300. The van der Waals surface area contributed by atoms with Crippen molar-refractivity contribution in [2.24, 2.45) is 0 Å². The Kier molecular flexibility index (Phi) is 6.45. The van der Waals surface area contributed by atoms with Crippen molar-refractivity contribution in [1.29, 1.82) is 0 Å². The van der Waals surface area contributed by atoms with Crippen molar-refractivity contribution in [2.45, 2.75) is 20.3 Å². The van der Waals surface area contributed by atoms with Crippen molar-refractivity contribution in [3.63, 3.8) is 0 Å². The molecule has 1 nitrogen and oxygen atoms in total. The van der Waals surface area contributed by atoms with Gasteiger partial charge >= 0.3 is 0 Å². The fraction of sp³-hybridized carbons (Fsp3) is 0.571. The molecule has 0 unspecified atom stereocenters. The van der Waals surface area contributed by atoms with E-state index >= 15 is 0 Å². The molecule has 0 saturated heterocycles. The van der Waals surface area contributed by atoms with Crippen molar-refractivity contribution >= 4 is 0 Å². The summed E-state index contributed by atoms with van der Waals surface area (Å²) >= 11 is 0. The largest absolute Gasteiger partial charge is 0.372 e. The van der Waals surface area contributed by atoms with Crippen LogP contribution in [0.4, 0.5) is 0 Å². The molecule has 0 atom stereocenters. The minimum Gasteiger partial charge on any atom is -0.372 e. The molecule has 0 N–H and O–H groups in total. The molecule has 0 heterocycles. The van der Waals surface area contributed by atoms with Crippen LogP contribution in [0.1, 0.15) is 20.3 Å². The van der Waals surface area contributed by atoms with Gasteiger partial charge in [0.15, 0.2) is 0 Å². The standard InChI is InChI=1S/C7H13O/c1-3-5-6-7-8-4-2/h4-6H,3,7H2,1-2H3. The molecule has 0 aliphatic heterocycles. The highest BCUT2D eigenvalue weighted by Gasteiger charge is 1.72. The maximum atomic E-state index is 4.92. The number of rotatable bonds is 4. The molecule has 0 aromatic heterocycles. The second-order valence-electron chi connectivity index (χ2n) is 1.45. The molecule has 0 bridgehead atoms. The maximum absolute atomic E-state index is 4.92. The maximum Gasteiger partial charge on any atom is 0.0810 e. The lowest BCUT2D eigenvalue weighted by Crippen LogP contribution is -1.81. The predicted octanol–water partition coefficient (Wildman–Crippen LogP) is 2.15. The third kappa shape index (κ3) is 5.70. The highest BCUT2D eigenvalue weighted by Crippen LogP contribution is 1.82. The summed E-state index contributed by atoms with van der Waals surface area (Å²) in [7, 11) is 0. The van der Waals surface area contributed by atoms with Gasteiger partial charge in [-0.05, 0) is 13.3 Å². The molecule has 47 valence electrons. The molecule has 0 aromatic carbocycles. The fourth-order valence-electron chi connectivity index (χ4n) is 0.386. The predicted molar refractivity (Wildman–Crippen MR) is 35.4 cm³/mol. The van der Waals surface area contributed by atoms with Gasteiger partial charge in [0.25, 0.3) is 0 Å². The molecular formula is C7H13O. The van der Waals surface area contributed by atoms with E-state index < -0.39 is 0 Å². The quantitative estimate of drug-likeness (QED) is 0.401. The average molecular weight is 113 g/mol. The van der Waals surface area contributed by atoms with Gasteiger partial charge in [0.05, 0.1) is 13.2 Å². The van der Waals surface area contributed by atoms with Crippen LogP contribution in [0.2, 0.25) is 0 Å². The summed E-state index contributed by atoms with van der Waals surface area (Å²) < 4.78 is 4.92. The first kappa shape index (κ1) is 7.70. The Morgan fingerprint density at radius 3 is 2.62 bits per heavy atom. The van der Waals surface area contributed by atoms with Crippen molar-refractivity contribution in [3.8, 4) is 0 Å². The molecule has 8 heavy (non-hydrogen) atoms. The topological polar surface area (TPSA) is 9.23 Å². The molecule has 0 aromatic rings. The lowest BCUT2D eigenvalue weighted by molar-refractivity contribution is 0.239. The zero-order valence-corrected chi connectivity index (χ0v) is 5.55. The molecule has 0 rings (SSSR count). The van der Waals surface area contributed by atoms with Crippen molar-refractivity contribution in [3.05, 3.63) is 18.8 Å². The highest BCUT2D eigenvalue weighted by atomic mass is 16.5. The number of ether oxygens (including phenoxy) is 1. The van der Waals surface area contributed by atoms with Gasteiger partial charge in [0.2, 0.25) is 0 Å². The normalized spacial score (nSPS) is 10.8. The minimum atomic E-state index is 0.713. The smallest absolute Gasteiger partial charge is 0.0810 e. The Balaban J connectivity index is 2.80. The lowest BCUT2D eigenvalue weighted by atomic mass is 10.4. The zero-order chi connectivity index (χ0) is 6.24. The summed E-state index contributed by atoms with van der Waals surface area (Å²) in [5, 5.41) is 0. The summed E-state index contributed by atoms with van der Waals surface area (Å²) in [6, 6.07) is 0. The average Bonchev–Trinajstić information content (AvgIpc) is 1.81.